The first-order chi connectivity index (χ1) is 17.1. The van der Waals surface area contributed by atoms with E-state index in [0.29, 0.717) is 29.0 Å². The molecule has 1 saturated carbocycles. The SMILES string of the molecule is Cc1ccc(CC(=O)C[C@H](CCC(=O)O)c2noc(-c3nc(C)c(CC(C)C)s3)c2C2CC2)c(Cl)c1. The molecule has 0 bridgehead atoms. The summed E-state index contributed by atoms with van der Waals surface area (Å²) < 4.78 is 5.89. The summed E-state index contributed by atoms with van der Waals surface area (Å²) >= 11 is 8.00. The highest BCUT2D eigenvalue weighted by Gasteiger charge is 2.37. The van der Waals surface area contributed by atoms with Crippen molar-refractivity contribution in [3.63, 3.8) is 0 Å². The lowest BCUT2D eigenvalue weighted by Gasteiger charge is -2.15. The van der Waals surface area contributed by atoms with Crippen molar-refractivity contribution in [1.82, 2.24) is 10.1 Å². The molecule has 0 radical (unpaired) electrons. The average molecular weight is 529 g/mol. The number of ketones is 1. The summed E-state index contributed by atoms with van der Waals surface area (Å²) in [5.41, 5.74) is 4.56. The minimum Gasteiger partial charge on any atom is -0.481 e. The number of benzene rings is 1. The van der Waals surface area contributed by atoms with Crippen LogP contribution in [0.1, 0.15) is 90.7 Å². The maximum Gasteiger partial charge on any atom is 0.303 e. The van der Waals surface area contributed by atoms with Crippen molar-refractivity contribution in [1.29, 1.82) is 0 Å². The first-order valence-corrected chi connectivity index (χ1v) is 13.8. The van der Waals surface area contributed by atoms with Gasteiger partial charge in [0.25, 0.3) is 0 Å². The van der Waals surface area contributed by atoms with Crippen LogP contribution in [0.4, 0.5) is 0 Å². The number of Topliss-reactive ketones (excluding diaryl/α,β-unsaturated/α-hetero) is 1. The Labute approximate surface area is 221 Å². The Hall–Kier alpha value is -2.51. The van der Waals surface area contributed by atoms with Crippen molar-refractivity contribution in [3.8, 4) is 10.8 Å². The zero-order valence-corrected chi connectivity index (χ0v) is 22.8. The van der Waals surface area contributed by atoms with Gasteiger partial charge in [0.2, 0.25) is 0 Å². The quantitative estimate of drug-likeness (QED) is 0.265. The number of carboxylic acid groups (broad SMARTS) is 1. The number of rotatable bonds is 12. The van der Waals surface area contributed by atoms with Gasteiger partial charge in [-0.1, -0.05) is 42.7 Å². The third kappa shape index (κ3) is 6.43. The monoisotopic (exact) mass is 528 g/mol. The molecule has 1 N–H and O–H groups in total. The Kier molecular flexibility index (Phi) is 8.30. The number of aliphatic carboxylic acids is 1. The molecular weight excluding hydrogens is 496 g/mol. The second kappa shape index (κ2) is 11.3. The smallest absolute Gasteiger partial charge is 0.303 e. The summed E-state index contributed by atoms with van der Waals surface area (Å²) in [6.45, 7) is 8.36. The Morgan fingerprint density at radius 3 is 2.64 bits per heavy atom. The minimum absolute atomic E-state index is 0.00625. The van der Waals surface area contributed by atoms with Crippen LogP contribution in [0.2, 0.25) is 5.02 Å². The van der Waals surface area contributed by atoms with Gasteiger partial charge in [-0.25, -0.2) is 4.98 Å². The van der Waals surface area contributed by atoms with Crippen molar-refractivity contribution < 1.29 is 19.2 Å². The van der Waals surface area contributed by atoms with Crippen LogP contribution in [0.3, 0.4) is 0 Å². The predicted octanol–water partition coefficient (Wildman–Crippen LogP) is 7.29. The van der Waals surface area contributed by atoms with Gasteiger partial charge in [0, 0.05) is 40.6 Å². The van der Waals surface area contributed by atoms with Crippen LogP contribution in [0.15, 0.2) is 22.7 Å². The van der Waals surface area contributed by atoms with E-state index in [1.165, 1.54) is 4.88 Å². The van der Waals surface area contributed by atoms with E-state index in [1.807, 2.05) is 32.0 Å². The van der Waals surface area contributed by atoms with Crippen LogP contribution in [-0.2, 0) is 22.4 Å². The maximum atomic E-state index is 13.1. The fourth-order valence-electron chi connectivity index (χ4n) is 4.60. The number of carbonyl (C=O) groups is 2. The molecule has 2 heterocycles. The minimum atomic E-state index is -0.889. The molecule has 1 atom stereocenters. The molecule has 192 valence electrons. The van der Waals surface area contributed by atoms with Gasteiger partial charge in [0.15, 0.2) is 10.8 Å². The molecule has 3 aromatic rings. The number of carboxylic acids is 1. The van der Waals surface area contributed by atoms with Crippen LogP contribution in [0.5, 0.6) is 0 Å². The van der Waals surface area contributed by atoms with Crippen molar-refractivity contribution in [2.75, 3.05) is 0 Å². The maximum absolute atomic E-state index is 13.1. The van der Waals surface area contributed by atoms with E-state index in [4.69, 9.17) is 21.1 Å². The average Bonchev–Trinajstić information content (AvgIpc) is 3.44. The molecule has 1 aliphatic carbocycles. The van der Waals surface area contributed by atoms with E-state index in [1.54, 1.807) is 11.3 Å². The van der Waals surface area contributed by atoms with E-state index in [9.17, 15) is 14.7 Å². The molecule has 0 amide bonds. The van der Waals surface area contributed by atoms with E-state index < -0.39 is 5.97 Å². The third-order valence-electron chi connectivity index (χ3n) is 6.59. The first-order valence-electron chi connectivity index (χ1n) is 12.6. The number of aromatic nitrogens is 2. The van der Waals surface area contributed by atoms with Crippen molar-refractivity contribution in [2.45, 2.75) is 84.5 Å². The summed E-state index contributed by atoms with van der Waals surface area (Å²) in [4.78, 5) is 30.6. The Bertz CT molecular complexity index is 1260. The van der Waals surface area contributed by atoms with Gasteiger partial charge in [-0.15, -0.1) is 11.3 Å². The molecule has 8 heteroatoms. The van der Waals surface area contributed by atoms with Gasteiger partial charge >= 0.3 is 5.97 Å². The number of hydrogen-bond donors (Lipinski definition) is 1. The first kappa shape index (κ1) is 26.6. The predicted molar refractivity (Wildman–Crippen MR) is 142 cm³/mol. The Morgan fingerprint density at radius 1 is 1.25 bits per heavy atom. The Morgan fingerprint density at radius 2 is 2.00 bits per heavy atom. The lowest BCUT2D eigenvalue weighted by atomic mass is 9.88. The molecule has 36 heavy (non-hydrogen) atoms. The van der Waals surface area contributed by atoms with Gasteiger partial charge in [-0.3, -0.25) is 9.59 Å². The van der Waals surface area contributed by atoms with E-state index in [0.717, 1.165) is 52.3 Å². The molecule has 1 fully saturated rings. The molecule has 1 aromatic carbocycles. The zero-order chi connectivity index (χ0) is 26.0. The lowest BCUT2D eigenvalue weighted by Crippen LogP contribution is -2.13. The normalized spacial score (nSPS) is 14.4. The fourth-order valence-corrected chi connectivity index (χ4v) is 6.17. The zero-order valence-electron chi connectivity index (χ0n) is 21.3. The van der Waals surface area contributed by atoms with Gasteiger partial charge in [0.1, 0.15) is 5.78 Å². The molecule has 2 aromatic heterocycles. The van der Waals surface area contributed by atoms with Crippen molar-refractivity contribution in [2.24, 2.45) is 5.92 Å². The molecule has 0 saturated heterocycles. The van der Waals surface area contributed by atoms with E-state index in [-0.39, 0.29) is 31.0 Å². The topological polar surface area (TPSA) is 93.3 Å². The second-order valence-electron chi connectivity index (χ2n) is 10.4. The van der Waals surface area contributed by atoms with Crippen LogP contribution in [0.25, 0.3) is 10.8 Å². The molecule has 4 rings (SSSR count). The van der Waals surface area contributed by atoms with Crippen LogP contribution < -0.4 is 0 Å². The number of carbonyl (C=O) groups excluding carboxylic acids is 1. The van der Waals surface area contributed by atoms with Crippen LogP contribution in [-0.4, -0.2) is 27.0 Å². The highest BCUT2D eigenvalue weighted by molar-refractivity contribution is 7.15. The lowest BCUT2D eigenvalue weighted by molar-refractivity contribution is -0.137. The molecular formula is C28H33ClN2O4S. The van der Waals surface area contributed by atoms with Gasteiger partial charge < -0.3 is 9.63 Å². The number of nitrogens with zero attached hydrogens (tertiary/aromatic N) is 2. The fraction of sp³-hybridized carbons (Fsp3) is 0.500. The van der Waals surface area contributed by atoms with Gasteiger partial charge in [-0.05, 0) is 68.6 Å². The van der Waals surface area contributed by atoms with Crippen molar-refractivity contribution in [3.05, 3.63) is 56.2 Å². The van der Waals surface area contributed by atoms with E-state index in [2.05, 4.69) is 19.0 Å². The summed E-state index contributed by atoms with van der Waals surface area (Å²) in [5, 5.41) is 15.2. The number of hydrogen-bond acceptors (Lipinski definition) is 6. The van der Waals surface area contributed by atoms with Gasteiger partial charge in [0.05, 0.1) is 11.4 Å². The largest absolute Gasteiger partial charge is 0.481 e. The highest BCUT2D eigenvalue weighted by Crippen LogP contribution is 2.49. The van der Waals surface area contributed by atoms with Gasteiger partial charge in [-0.2, -0.15) is 0 Å². The summed E-state index contributed by atoms with van der Waals surface area (Å²) in [7, 11) is 0. The van der Waals surface area contributed by atoms with Crippen molar-refractivity contribution >= 4 is 34.7 Å². The standard InChI is InChI=1S/C28H33ClN2O4S/c1-15(2)11-23-17(4)30-28(36-23)27-25(18-7-8-18)26(31-35-27)20(9-10-24(33)34)14-21(32)13-19-6-5-16(3)12-22(19)29/h5-6,12,15,18,20H,7-11,13-14H2,1-4H3,(H,33,34)/t20-/m0/s1. The molecule has 1 aliphatic rings. The highest BCUT2D eigenvalue weighted by atomic mass is 35.5. The number of thiazole rings is 1. The molecule has 6 nitrogen and oxygen atoms in total. The number of aryl methyl sites for hydroxylation is 2. The third-order valence-corrected chi connectivity index (χ3v) is 8.12. The van der Waals surface area contributed by atoms with E-state index >= 15 is 0 Å². The summed E-state index contributed by atoms with van der Waals surface area (Å²) in [6.07, 6.45) is 3.70. The molecule has 0 spiro atoms. The molecule has 0 unspecified atom stereocenters. The molecule has 0 aliphatic heterocycles. The van der Waals surface area contributed by atoms with Crippen LogP contribution in [0, 0.1) is 19.8 Å². The summed E-state index contributed by atoms with van der Waals surface area (Å²) in [5.74, 6) is 0.310. The summed E-state index contributed by atoms with van der Waals surface area (Å²) in [6, 6.07) is 5.67. The van der Waals surface area contributed by atoms with Crippen LogP contribution >= 0.6 is 22.9 Å². The number of halogens is 1. The Balaban J connectivity index is 1.63. The second-order valence-corrected chi connectivity index (χ2v) is 11.8.